The van der Waals surface area contributed by atoms with Crippen molar-refractivity contribution in [3.8, 4) is 0 Å². The second kappa shape index (κ2) is 7.06. The van der Waals surface area contributed by atoms with E-state index in [0.717, 1.165) is 33.4 Å². The van der Waals surface area contributed by atoms with Crippen molar-refractivity contribution in [1.82, 2.24) is 24.4 Å². The zero-order valence-electron chi connectivity index (χ0n) is 15.9. The summed E-state index contributed by atoms with van der Waals surface area (Å²) >= 11 is 0. The Kier molecular flexibility index (Phi) is 4.72. The molecule has 0 unspecified atom stereocenters. The van der Waals surface area contributed by atoms with Crippen molar-refractivity contribution in [3.63, 3.8) is 0 Å². The first-order valence-electron chi connectivity index (χ1n) is 9.13. The number of rotatable bonds is 5. The second-order valence-corrected chi connectivity index (χ2v) is 9.14. The molecule has 3 aromatic rings. The summed E-state index contributed by atoms with van der Waals surface area (Å²) in [5.41, 5.74) is 4.59. The quantitative estimate of drug-likeness (QED) is 0.668. The van der Waals surface area contributed by atoms with E-state index in [2.05, 4.69) is 15.4 Å². The molecule has 1 aromatic carbocycles. The van der Waals surface area contributed by atoms with Crippen LogP contribution in [0.4, 0.5) is 0 Å². The number of amides is 1. The number of hydrogen-bond donors (Lipinski definition) is 2. The fourth-order valence-electron chi connectivity index (χ4n) is 3.77. The average molecular weight is 401 g/mol. The van der Waals surface area contributed by atoms with E-state index in [-0.39, 0.29) is 18.9 Å². The molecule has 0 spiro atoms. The van der Waals surface area contributed by atoms with Crippen molar-refractivity contribution < 1.29 is 13.2 Å². The Balaban J connectivity index is 1.46. The van der Waals surface area contributed by atoms with E-state index in [1.54, 1.807) is 4.68 Å². The number of nitrogens with one attached hydrogen (secondary N) is 2. The Morgan fingerprint density at radius 1 is 1.32 bits per heavy atom. The van der Waals surface area contributed by atoms with Gasteiger partial charge in [0.2, 0.25) is 15.9 Å². The summed E-state index contributed by atoms with van der Waals surface area (Å²) in [5, 5.41) is 8.46. The number of carbonyl (C=O) groups is 1. The molecular formula is C19H23N5O3S. The van der Waals surface area contributed by atoms with Gasteiger partial charge in [0.05, 0.1) is 24.9 Å². The molecule has 1 aliphatic rings. The minimum atomic E-state index is -3.26. The maximum atomic E-state index is 12.5. The first-order valence-corrected chi connectivity index (χ1v) is 11.0. The SMILES string of the molecule is Cn1nc(CNC(=O)Cc2c[nH]c3ccccc23)c2c1CCN(S(C)(=O)=O)C2. The van der Waals surface area contributed by atoms with Crippen LogP contribution in [0.2, 0.25) is 0 Å². The van der Waals surface area contributed by atoms with Gasteiger partial charge in [-0.05, 0) is 11.6 Å². The fraction of sp³-hybridized carbons (Fsp3) is 0.368. The molecule has 0 aliphatic carbocycles. The Morgan fingerprint density at radius 3 is 2.89 bits per heavy atom. The van der Waals surface area contributed by atoms with E-state index in [0.29, 0.717) is 19.5 Å². The number of benzene rings is 1. The summed E-state index contributed by atoms with van der Waals surface area (Å²) in [5.74, 6) is -0.0973. The third-order valence-corrected chi connectivity index (χ3v) is 6.49. The van der Waals surface area contributed by atoms with Crippen molar-refractivity contribution in [3.05, 3.63) is 53.0 Å². The maximum absolute atomic E-state index is 12.5. The molecule has 0 bridgehead atoms. The van der Waals surface area contributed by atoms with Crippen LogP contribution >= 0.6 is 0 Å². The lowest BCUT2D eigenvalue weighted by Gasteiger charge is -2.25. The van der Waals surface area contributed by atoms with E-state index in [9.17, 15) is 13.2 Å². The molecular weight excluding hydrogens is 378 g/mol. The van der Waals surface area contributed by atoms with Crippen LogP contribution in [0.3, 0.4) is 0 Å². The van der Waals surface area contributed by atoms with Gasteiger partial charge >= 0.3 is 0 Å². The van der Waals surface area contributed by atoms with Gasteiger partial charge in [-0.25, -0.2) is 8.42 Å². The van der Waals surface area contributed by atoms with E-state index in [4.69, 9.17) is 0 Å². The van der Waals surface area contributed by atoms with Crippen LogP contribution in [0.1, 0.15) is 22.5 Å². The van der Waals surface area contributed by atoms with Gasteiger partial charge in [-0.3, -0.25) is 9.48 Å². The van der Waals surface area contributed by atoms with Crippen LogP contribution in [-0.2, 0) is 47.8 Å². The number of aromatic nitrogens is 3. The Hall–Kier alpha value is -2.65. The number of aromatic amines is 1. The lowest BCUT2D eigenvalue weighted by Crippen LogP contribution is -2.36. The molecule has 2 N–H and O–H groups in total. The summed E-state index contributed by atoms with van der Waals surface area (Å²) in [6, 6.07) is 7.87. The van der Waals surface area contributed by atoms with Crippen LogP contribution < -0.4 is 5.32 Å². The van der Waals surface area contributed by atoms with Crippen LogP contribution in [0, 0.1) is 0 Å². The highest BCUT2D eigenvalue weighted by molar-refractivity contribution is 7.88. The maximum Gasteiger partial charge on any atom is 0.224 e. The highest BCUT2D eigenvalue weighted by Gasteiger charge is 2.28. The van der Waals surface area contributed by atoms with E-state index in [1.165, 1.54) is 10.6 Å². The van der Waals surface area contributed by atoms with Crippen molar-refractivity contribution in [2.24, 2.45) is 7.05 Å². The number of para-hydroxylation sites is 1. The van der Waals surface area contributed by atoms with Crippen LogP contribution in [0.5, 0.6) is 0 Å². The number of carbonyl (C=O) groups excluding carboxylic acids is 1. The smallest absolute Gasteiger partial charge is 0.224 e. The van der Waals surface area contributed by atoms with Gasteiger partial charge in [0.1, 0.15) is 0 Å². The molecule has 3 heterocycles. The van der Waals surface area contributed by atoms with Crippen molar-refractivity contribution in [2.45, 2.75) is 25.9 Å². The molecule has 0 fully saturated rings. The average Bonchev–Trinajstić information content (AvgIpc) is 3.20. The zero-order valence-corrected chi connectivity index (χ0v) is 16.7. The molecule has 0 saturated heterocycles. The standard InChI is InChI=1S/C19H23N5O3S/c1-23-18-7-8-24(28(2,26)27)12-15(18)17(22-23)11-21-19(25)9-13-10-20-16-6-4-3-5-14(13)16/h3-6,10,20H,7-9,11-12H2,1-2H3,(H,21,25). The van der Waals surface area contributed by atoms with Crippen molar-refractivity contribution in [2.75, 3.05) is 12.8 Å². The predicted molar refractivity (Wildman–Crippen MR) is 106 cm³/mol. The van der Waals surface area contributed by atoms with E-state index in [1.807, 2.05) is 37.5 Å². The number of H-pyrrole nitrogens is 1. The summed E-state index contributed by atoms with van der Waals surface area (Å²) in [7, 11) is -1.40. The number of fused-ring (bicyclic) bond motifs is 2. The van der Waals surface area contributed by atoms with Gasteiger partial charge in [-0.2, -0.15) is 9.40 Å². The van der Waals surface area contributed by atoms with E-state index < -0.39 is 10.0 Å². The lowest BCUT2D eigenvalue weighted by atomic mass is 10.1. The van der Waals surface area contributed by atoms with Gasteiger partial charge in [0.25, 0.3) is 0 Å². The Morgan fingerprint density at radius 2 is 2.11 bits per heavy atom. The van der Waals surface area contributed by atoms with Crippen LogP contribution in [0.15, 0.2) is 30.5 Å². The minimum Gasteiger partial charge on any atom is -0.361 e. The molecule has 1 amide bonds. The summed E-state index contributed by atoms with van der Waals surface area (Å²) in [6.07, 6.45) is 3.97. The molecule has 0 radical (unpaired) electrons. The van der Waals surface area contributed by atoms with Crippen LogP contribution in [0.25, 0.3) is 10.9 Å². The topological polar surface area (TPSA) is 100 Å². The molecule has 4 rings (SSSR count). The molecule has 9 heteroatoms. The fourth-order valence-corrected chi connectivity index (χ4v) is 4.55. The predicted octanol–water partition coefficient (Wildman–Crippen LogP) is 1.08. The number of nitrogens with zero attached hydrogens (tertiary/aromatic N) is 3. The first-order chi connectivity index (χ1) is 13.3. The molecule has 0 saturated carbocycles. The molecule has 1 aliphatic heterocycles. The zero-order chi connectivity index (χ0) is 19.9. The van der Waals surface area contributed by atoms with Gasteiger partial charge in [-0.1, -0.05) is 18.2 Å². The third-order valence-electron chi connectivity index (χ3n) is 5.24. The summed E-state index contributed by atoms with van der Waals surface area (Å²) in [4.78, 5) is 15.6. The Labute approximate surface area is 163 Å². The van der Waals surface area contributed by atoms with Gasteiger partial charge < -0.3 is 10.3 Å². The van der Waals surface area contributed by atoms with Crippen molar-refractivity contribution in [1.29, 1.82) is 0 Å². The first kappa shape index (κ1) is 18.7. The van der Waals surface area contributed by atoms with E-state index >= 15 is 0 Å². The normalized spacial score (nSPS) is 14.9. The monoisotopic (exact) mass is 401 g/mol. The van der Waals surface area contributed by atoms with Crippen LogP contribution in [-0.4, -0.2) is 46.2 Å². The number of hydrogen-bond acceptors (Lipinski definition) is 4. The molecule has 8 nitrogen and oxygen atoms in total. The molecule has 0 atom stereocenters. The van der Waals surface area contributed by atoms with Gasteiger partial charge in [0, 0.05) is 54.9 Å². The lowest BCUT2D eigenvalue weighted by molar-refractivity contribution is -0.120. The highest BCUT2D eigenvalue weighted by Crippen LogP contribution is 2.24. The minimum absolute atomic E-state index is 0.0973. The molecule has 2 aromatic heterocycles. The van der Waals surface area contributed by atoms with Gasteiger partial charge in [0.15, 0.2) is 0 Å². The van der Waals surface area contributed by atoms with Crippen molar-refractivity contribution >= 4 is 26.8 Å². The second-order valence-electron chi connectivity index (χ2n) is 7.16. The Bertz CT molecular complexity index is 1150. The molecule has 28 heavy (non-hydrogen) atoms. The number of aryl methyl sites for hydroxylation is 1. The molecule has 148 valence electrons. The third kappa shape index (κ3) is 3.55. The highest BCUT2D eigenvalue weighted by atomic mass is 32.2. The number of sulfonamides is 1. The van der Waals surface area contributed by atoms with Gasteiger partial charge in [-0.15, -0.1) is 0 Å². The largest absolute Gasteiger partial charge is 0.361 e. The summed E-state index contributed by atoms with van der Waals surface area (Å²) in [6.45, 7) is 1.04. The summed E-state index contributed by atoms with van der Waals surface area (Å²) < 4.78 is 27.0.